The first-order chi connectivity index (χ1) is 13.1. The molecule has 27 heavy (non-hydrogen) atoms. The van der Waals surface area contributed by atoms with Gasteiger partial charge in [-0.15, -0.1) is 0 Å². The number of furan rings is 1. The Balaban J connectivity index is 1.47. The molecule has 0 bridgehead atoms. The molecular formula is C19H21N5O3. The molecule has 1 amide bonds. The van der Waals surface area contributed by atoms with Crippen LogP contribution in [-0.2, 0) is 6.54 Å². The van der Waals surface area contributed by atoms with Crippen LogP contribution in [0.1, 0.15) is 46.6 Å². The molecule has 8 heteroatoms. The van der Waals surface area contributed by atoms with Crippen molar-refractivity contribution in [3.8, 4) is 0 Å². The van der Waals surface area contributed by atoms with E-state index in [0.29, 0.717) is 37.0 Å². The van der Waals surface area contributed by atoms with E-state index in [9.17, 15) is 9.59 Å². The summed E-state index contributed by atoms with van der Waals surface area (Å²) in [7, 11) is 0. The van der Waals surface area contributed by atoms with E-state index in [2.05, 4.69) is 15.0 Å². The second kappa shape index (κ2) is 7.22. The largest absolute Gasteiger partial charge is 0.454 e. The van der Waals surface area contributed by atoms with Crippen LogP contribution in [0.2, 0.25) is 0 Å². The van der Waals surface area contributed by atoms with Gasteiger partial charge in [-0.2, -0.15) is 0 Å². The standard InChI is InChI=1S/C19H21N5O3/c1-13-21-16(9-18(25)22-13)14-3-2-7-24(10-14)19(26)17-5-4-15(27-17)11-23-8-6-20-12-23/h4-6,8-9,12,14H,2-3,7,10-11H2,1H3,(H,21,22,25). The lowest BCUT2D eigenvalue weighted by atomic mass is 9.94. The highest BCUT2D eigenvalue weighted by Gasteiger charge is 2.28. The van der Waals surface area contributed by atoms with Crippen LogP contribution in [-0.4, -0.2) is 43.4 Å². The molecule has 1 aliphatic rings. The summed E-state index contributed by atoms with van der Waals surface area (Å²) in [6, 6.07) is 5.06. The summed E-state index contributed by atoms with van der Waals surface area (Å²) in [5.41, 5.74) is 0.588. The normalized spacial score (nSPS) is 17.2. The summed E-state index contributed by atoms with van der Waals surface area (Å²) in [4.78, 5) is 37.5. The van der Waals surface area contributed by atoms with E-state index in [1.54, 1.807) is 30.4 Å². The second-order valence-corrected chi connectivity index (χ2v) is 6.85. The zero-order chi connectivity index (χ0) is 18.8. The van der Waals surface area contributed by atoms with Gasteiger partial charge in [-0.3, -0.25) is 9.59 Å². The highest BCUT2D eigenvalue weighted by atomic mass is 16.4. The number of hydrogen-bond donors (Lipinski definition) is 1. The highest BCUT2D eigenvalue weighted by Crippen LogP contribution is 2.26. The zero-order valence-corrected chi connectivity index (χ0v) is 15.1. The predicted molar refractivity (Wildman–Crippen MR) is 97.5 cm³/mol. The van der Waals surface area contributed by atoms with Gasteiger partial charge in [0.2, 0.25) is 0 Å². The SMILES string of the molecule is Cc1nc(C2CCCN(C(=O)c3ccc(Cn4ccnc4)o3)C2)cc(=O)[nH]1. The molecule has 4 rings (SSSR count). The van der Waals surface area contributed by atoms with Crippen LogP contribution in [0.3, 0.4) is 0 Å². The minimum Gasteiger partial charge on any atom is -0.454 e. The van der Waals surface area contributed by atoms with Crippen molar-refractivity contribution >= 4 is 5.91 Å². The van der Waals surface area contributed by atoms with Crippen LogP contribution in [0.15, 0.2) is 46.1 Å². The van der Waals surface area contributed by atoms with Gasteiger partial charge in [0.25, 0.3) is 11.5 Å². The molecule has 1 N–H and O–H groups in total. The molecule has 3 aromatic rings. The van der Waals surface area contributed by atoms with Crippen molar-refractivity contribution in [2.45, 2.75) is 32.2 Å². The summed E-state index contributed by atoms with van der Waals surface area (Å²) < 4.78 is 7.62. The van der Waals surface area contributed by atoms with E-state index in [1.807, 2.05) is 16.8 Å². The Hall–Kier alpha value is -3.16. The first-order valence-electron chi connectivity index (χ1n) is 9.00. The third-order valence-electron chi connectivity index (χ3n) is 4.78. The highest BCUT2D eigenvalue weighted by molar-refractivity contribution is 5.91. The van der Waals surface area contributed by atoms with Crippen molar-refractivity contribution in [2.75, 3.05) is 13.1 Å². The Bertz CT molecular complexity index is 989. The molecule has 0 aromatic carbocycles. The first-order valence-corrected chi connectivity index (χ1v) is 9.00. The molecular weight excluding hydrogens is 346 g/mol. The van der Waals surface area contributed by atoms with Gasteiger partial charge in [0.05, 0.1) is 18.6 Å². The van der Waals surface area contributed by atoms with Crippen LogP contribution >= 0.6 is 0 Å². The maximum atomic E-state index is 12.9. The molecule has 0 radical (unpaired) electrons. The van der Waals surface area contributed by atoms with Gasteiger partial charge in [0.1, 0.15) is 11.6 Å². The molecule has 8 nitrogen and oxygen atoms in total. The predicted octanol–water partition coefficient (Wildman–Crippen LogP) is 1.94. The van der Waals surface area contributed by atoms with Gasteiger partial charge < -0.3 is 18.9 Å². The third-order valence-corrected chi connectivity index (χ3v) is 4.78. The number of aromatic nitrogens is 4. The number of aromatic amines is 1. The summed E-state index contributed by atoms with van der Waals surface area (Å²) in [5.74, 6) is 1.57. The van der Waals surface area contributed by atoms with Crippen molar-refractivity contribution in [3.05, 3.63) is 70.3 Å². The molecule has 1 fully saturated rings. The maximum Gasteiger partial charge on any atom is 0.289 e. The van der Waals surface area contributed by atoms with Crippen molar-refractivity contribution in [1.29, 1.82) is 0 Å². The molecule has 1 aliphatic heterocycles. The molecule has 1 unspecified atom stereocenters. The summed E-state index contributed by atoms with van der Waals surface area (Å²) in [6.07, 6.45) is 7.02. The Morgan fingerprint density at radius 1 is 1.41 bits per heavy atom. The first kappa shape index (κ1) is 17.3. The van der Waals surface area contributed by atoms with Crippen LogP contribution < -0.4 is 5.56 Å². The number of aryl methyl sites for hydroxylation is 1. The summed E-state index contributed by atoms with van der Waals surface area (Å²) >= 11 is 0. The lowest BCUT2D eigenvalue weighted by Gasteiger charge is -2.32. The molecule has 1 atom stereocenters. The topological polar surface area (TPSA) is 97.0 Å². The lowest BCUT2D eigenvalue weighted by Crippen LogP contribution is -2.39. The van der Waals surface area contributed by atoms with E-state index >= 15 is 0 Å². The van der Waals surface area contributed by atoms with Crippen LogP contribution in [0, 0.1) is 6.92 Å². The Morgan fingerprint density at radius 3 is 3.07 bits per heavy atom. The molecule has 1 saturated heterocycles. The minimum atomic E-state index is -0.156. The number of carbonyl (C=O) groups excluding carboxylic acids is 1. The van der Waals surface area contributed by atoms with Crippen LogP contribution in [0.5, 0.6) is 0 Å². The number of carbonyl (C=O) groups is 1. The Kier molecular flexibility index (Phi) is 4.62. The van der Waals surface area contributed by atoms with Gasteiger partial charge in [0.15, 0.2) is 5.76 Å². The van der Waals surface area contributed by atoms with Crippen molar-refractivity contribution in [3.63, 3.8) is 0 Å². The fourth-order valence-corrected chi connectivity index (χ4v) is 3.51. The van der Waals surface area contributed by atoms with Crippen molar-refractivity contribution < 1.29 is 9.21 Å². The average Bonchev–Trinajstić information content (AvgIpc) is 3.33. The molecule has 0 aliphatic carbocycles. The minimum absolute atomic E-state index is 0.0593. The van der Waals surface area contributed by atoms with E-state index in [1.165, 1.54) is 6.07 Å². The van der Waals surface area contributed by atoms with E-state index in [-0.39, 0.29) is 17.4 Å². The number of piperidine rings is 1. The molecule has 0 spiro atoms. The molecule has 140 valence electrons. The average molecular weight is 367 g/mol. The van der Waals surface area contributed by atoms with E-state index < -0.39 is 0 Å². The smallest absolute Gasteiger partial charge is 0.289 e. The quantitative estimate of drug-likeness (QED) is 0.760. The number of likely N-dealkylation sites (tertiary alicyclic amines) is 1. The lowest BCUT2D eigenvalue weighted by molar-refractivity contribution is 0.0671. The Labute approximate surface area is 155 Å². The molecule has 3 aromatic heterocycles. The summed E-state index contributed by atoms with van der Waals surface area (Å²) in [6.45, 7) is 3.51. The van der Waals surface area contributed by atoms with Crippen molar-refractivity contribution in [2.24, 2.45) is 0 Å². The second-order valence-electron chi connectivity index (χ2n) is 6.85. The number of nitrogens with one attached hydrogen (secondary N) is 1. The van der Waals surface area contributed by atoms with Gasteiger partial charge in [-0.25, -0.2) is 9.97 Å². The number of rotatable bonds is 4. The molecule has 0 saturated carbocycles. The number of nitrogens with zero attached hydrogens (tertiary/aromatic N) is 4. The summed E-state index contributed by atoms with van der Waals surface area (Å²) in [5, 5.41) is 0. The number of imidazole rings is 1. The van der Waals surface area contributed by atoms with Gasteiger partial charge >= 0.3 is 0 Å². The van der Waals surface area contributed by atoms with Crippen LogP contribution in [0.4, 0.5) is 0 Å². The zero-order valence-electron chi connectivity index (χ0n) is 15.1. The van der Waals surface area contributed by atoms with Crippen LogP contribution in [0.25, 0.3) is 0 Å². The van der Waals surface area contributed by atoms with Gasteiger partial charge in [0, 0.05) is 37.5 Å². The van der Waals surface area contributed by atoms with Gasteiger partial charge in [-0.1, -0.05) is 0 Å². The van der Waals surface area contributed by atoms with E-state index in [0.717, 1.165) is 18.5 Å². The maximum absolute atomic E-state index is 12.9. The van der Waals surface area contributed by atoms with Crippen molar-refractivity contribution in [1.82, 2.24) is 24.4 Å². The van der Waals surface area contributed by atoms with Gasteiger partial charge in [-0.05, 0) is 31.9 Å². The number of hydrogen-bond acceptors (Lipinski definition) is 5. The fourth-order valence-electron chi connectivity index (χ4n) is 3.51. The monoisotopic (exact) mass is 367 g/mol. The third kappa shape index (κ3) is 3.84. The fraction of sp³-hybridized carbons (Fsp3) is 0.368. The number of amides is 1. The number of H-pyrrole nitrogens is 1. The van der Waals surface area contributed by atoms with E-state index in [4.69, 9.17) is 4.42 Å². The molecule has 4 heterocycles. The Morgan fingerprint density at radius 2 is 2.30 bits per heavy atom.